The zero-order chi connectivity index (χ0) is 14.0. The molecule has 8 heteroatoms. The van der Waals surface area contributed by atoms with Gasteiger partial charge in [0.1, 0.15) is 0 Å². The van der Waals surface area contributed by atoms with Gasteiger partial charge in [0.05, 0.1) is 5.75 Å². The Kier molecular flexibility index (Phi) is 5.05. The van der Waals surface area contributed by atoms with Crippen LogP contribution in [0.2, 0.25) is 0 Å². The Balaban J connectivity index is 2.41. The van der Waals surface area contributed by atoms with E-state index < -0.39 is 10.2 Å². The molecule has 6 nitrogen and oxygen atoms in total. The molecule has 1 amide bonds. The summed E-state index contributed by atoms with van der Waals surface area (Å²) in [4.78, 5) is 13.6. The molecule has 0 aliphatic carbocycles. The van der Waals surface area contributed by atoms with Crippen LogP contribution in [-0.2, 0) is 15.0 Å². The molecule has 1 aliphatic heterocycles. The molecule has 0 aromatic heterocycles. The summed E-state index contributed by atoms with van der Waals surface area (Å²) in [6.07, 6.45) is 0. The van der Waals surface area contributed by atoms with E-state index in [9.17, 15) is 13.2 Å². The highest BCUT2D eigenvalue weighted by Crippen LogP contribution is 2.23. The standard InChI is InChI=1S/C10H21N3O3S2/c1-10(2,3)17-8-9(14)12-4-6-13(7-5-12)18(11,15)16/h4-8H2,1-3H3,(H2,11,15,16). The lowest BCUT2D eigenvalue weighted by molar-refractivity contribution is -0.129. The van der Waals surface area contributed by atoms with Crippen molar-refractivity contribution >= 4 is 27.9 Å². The van der Waals surface area contributed by atoms with E-state index in [1.54, 1.807) is 16.7 Å². The highest BCUT2D eigenvalue weighted by atomic mass is 32.2. The van der Waals surface area contributed by atoms with Crippen LogP contribution in [0.4, 0.5) is 0 Å². The summed E-state index contributed by atoms with van der Waals surface area (Å²) in [5.41, 5.74) is 0. The average Bonchev–Trinajstić information content (AvgIpc) is 2.24. The minimum atomic E-state index is -3.62. The summed E-state index contributed by atoms with van der Waals surface area (Å²) in [6, 6.07) is 0. The van der Waals surface area contributed by atoms with Crippen LogP contribution in [0.1, 0.15) is 20.8 Å². The van der Waals surface area contributed by atoms with Crippen LogP contribution in [0.3, 0.4) is 0 Å². The van der Waals surface area contributed by atoms with Crippen LogP contribution in [-0.4, -0.2) is 60.2 Å². The van der Waals surface area contributed by atoms with Gasteiger partial charge in [-0.25, -0.2) is 5.14 Å². The Morgan fingerprint density at radius 2 is 1.72 bits per heavy atom. The molecule has 0 saturated carbocycles. The van der Waals surface area contributed by atoms with Crippen molar-refractivity contribution in [2.45, 2.75) is 25.5 Å². The van der Waals surface area contributed by atoms with Gasteiger partial charge in [0, 0.05) is 30.9 Å². The van der Waals surface area contributed by atoms with E-state index >= 15 is 0 Å². The van der Waals surface area contributed by atoms with Crippen LogP contribution < -0.4 is 5.14 Å². The van der Waals surface area contributed by atoms with Crippen molar-refractivity contribution in [2.75, 3.05) is 31.9 Å². The molecule has 2 N–H and O–H groups in total. The number of carbonyl (C=O) groups is 1. The van der Waals surface area contributed by atoms with Gasteiger partial charge in [0.2, 0.25) is 5.91 Å². The number of rotatable bonds is 3. The summed E-state index contributed by atoms with van der Waals surface area (Å²) in [7, 11) is -3.62. The molecule has 106 valence electrons. The summed E-state index contributed by atoms with van der Waals surface area (Å²) in [5, 5.41) is 5.04. The second-order valence-corrected chi connectivity index (χ2v) is 8.57. The minimum absolute atomic E-state index is 0.0537. The first-order valence-corrected chi connectivity index (χ1v) is 8.28. The molecule has 0 unspecified atom stereocenters. The highest BCUT2D eigenvalue weighted by Gasteiger charge is 2.26. The number of hydrogen-bond acceptors (Lipinski definition) is 4. The van der Waals surface area contributed by atoms with Crippen molar-refractivity contribution in [1.29, 1.82) is 0 Å². The number of carbonyl (C=O) groups excluding carboxylic acids is 1. The average molecular weight is 295 g/mol. The maximum Gasteiger partial charge on any atom is 0.277 e. The second kappa shape index (κ2) is 5.77. The van der Waals surface area contributed by atoms with Gasteiger partial charge in [-0.15, -0.1) is 11.8 Å². The number of hydrogen-bond donors (Lipinski definition) is 1. The van der Waals surface area contributed by atoms with Gasteiger partial charge in [-0.1, -0.05) is 20.8 Å². The number of piperazine rings is 1. The first-order valence-electron chi connectivity index (χ1n) is 5.79. The molecule has 1 aliphatic rings. The Morgan fingerprint density at radius 3 is 2.11 bits per heavy atom. The molecule has 0 aromatic rings. The van der Waals surface area contributed by atoms with Crippen LogP contribution in [0.15, 0.2) is 0 Å². The van der Waals surface area contributed by atoms with Crippen LogP contribution in [0.5, 0.6) is 0 Å². The van der Waals surface area contributed by atoms with Gasteiger partial charge in [0.25, 0.3) is 10.2 Å². The fourth-order valence-electron chi connectivity index (χ4n) is 1.56. The zero-order valence-electron chi connectivity index (χ0n) is 11.0. The number of nitrogens with two attached hydrogens (primary N) is 1. The second-order valence-electron chi connectivity index (χ2n) is 5.23. The van der Waals surface area contributed by atoms with Crippen molar-refractivity contribution in [1.82, 2.24) is 9.21 Å². The SMILES string of the molecule is CC(C)(C)SCC(=O)N1CCN(S(N)(=O)=O)CC1. The van der Waals surface area contributed by atoms with E-state index in [1.165, 1.54) is 4.31 Å². The lowest BCUT2D eigenvalue weighted by atomic mass is 10.3. The van der Waals surface area contributed by atoms with Gasteiger partial charge in [-0.2, -0.15) is 12.7 Å². The highest BCUT2D eigenvalue weighted by molar-refractivity contribution is 8.01. The Hall–Kier alpha value is -0.310. The van der Waals surface area contributed by atoms with Gasteiger partial charge in [0.15, 0.2) is 0 Å². The summed E-state index contributed by atoms with van der Waals surface area (Å²) in [6.45, 7) is 7.58. The predicted octanol–water partition coefficient (Wildman–Crippen LogP) is -0.134. The van der Waals surface area contributed by atoms with Crippen LogP contribution >= 0.6 is 11.8 Å². The third-order valence-electron chi connectivity index (χ3n) is 2.58. The fourth-order valence-corrected chi connectivity index (χ4v) is 2.97. The molecule has 0 spiro atoms. The fraction of sp³-hybridized carbons (Fsp3) is 0.900. The number of nitrogens with zero attached hydrogens (tertiary/aromatic N) is 2. The largest absolute Gasteiger partial charge is 0.339 e. The van der Waals surface area contributed by atoms with E-state index in [1.807, 2.05) is 0 Å². The molecule has 1 fully saturated rings. The van der Waals surface area contributed by atoms with E-state index in [4.69, 9.17) is 5.14 Å². The maximum absolute atomic E-state index is 11.9. The molecule has 1 saturated heterocycles. The number of thioether (sulfide) groups is 1. The molecule has 0 aromatic carbocycles. The molecule has 0 atom stereocenters. The molecular formula is C10H21N3O3S2. The maximum atomic E-state index is 11.9. The minimum Gasteiger partial charge on any atom is -0.339 e. The van der Waals surface area contributed by atoms with Crippen LogP contribution in [0, 0.1) is 0 Å². The number of amides is 1. The molecule has 1 rings (SSSR count). The third kappa shape index (κ3) is 5.13. The van der Waals surface area contributed by atoms with Crippen molar-refractivity contribution in [3.8, 4) is 0 Å². The lowest BCUT2D eigenvalue weighted by Gasteiger charge is -2.33. The lowest BCUT2D eigenvalue weighted by Crippen LogP contribution is -2.52. The normalized spacial score (nSPS) is 19.0. The van der Waals surface area contributed by atoms with Gasteiger partial charge in [-0.3, -0.25) is 4.79 Å². The van der Waals surface area contributed by atoms with Crippen molar-refractivity contribution < 1.29 is 13.2 Å². The Morgan fingerprint density at radius 1 is 1.22 bits per heavy atom. The predicted molar refractivity (Wildman–Crippen MR) is 73.5 cm³/mol. The van der Waals surface area contributed by atoms with Crippen molar-refractivity contribution in [2.24, 2.45) is 5.14 Å². The molecular weight excluding hydrogens is 274 g/mol. The quantitative estimate of drug-likeness (QED) is 0.786. The molecule has 0 radical (unpaired) electrons. The first kappa shape index (κ1) is 15.7. The molecule has 18 heavy (non-hydrogen) atoms. The summed E-state index contributed by atoms with van der Waals surface area (Å²) >= 11 is 1.59. The van der Waals surface area contributed by atoms with E-state index in [2.05, 4.69) is 20.8 Å². The van der Waals surface area contributed by atoms with E-state index in [0.29, 0.717) is 18.8 Å². The smallest absolute Gasteiger partial charge is 0.277 e. The Labute approximate surface area is 113 Å². The topological polar surface area (TPSA) is 83.7 Å². The third-order valence-corrected chi connectivity index (χ3v) is 4.92. The van der Waals surface area contributed by atoms with Crippen molar-refractivity contribution in [3.05, 3.63) is 0 Å². The molecule has 1 heterocycles. The summed E-state index contributed by atoms with van der Waals surface area (Å²) < 4.78 is 23.5. The van der Waals surface area contributed by atoms with E-state index in [-0.39, 0.29) is 23.7 Å². The van der Waals surface area contributed by atoms with Gasteiger partial charge >= 0.3 is 0 Å². The molecule has 0 bridgehead atoms. The zero-order valence-corrected chi connectivity index (χ0v) is 12.7. The summed E-state index contributed by atoms with van der Waals surface area (Å²) in [5.74, 6) is 0.489. The first-order chi connectivity index (χ1) is 8.09. The van der Waals surface area contributed by atoms with Gasteiger partial charge < -0.3 is 4.90 Å². The Bertz CT molecular complexity index is 395. The van der Waals surface area contributed by atoms with Gasteiger partial charge in [-0.05, 0) is 0 Å². The van der Waals surface area contributed by atoms with Crippen molar-refractivity contribution in [3.63, 3.8) is 0 Å². The van der Waals surface area contributed by atoms with E-state index in [0.717, 1.165) is 0 Å². The monoisotopic (exact) mass is 295 g/mol. The van der Waals surface area contributed by atoms with Crippen LogP contribution in [0.25, 0.3) is 0 Å².